The predicted octanol–water partition coefficient (Wildman–Crippen LogP) is 1.84. The summed E-state index contributed by atoms with van der Waals surface area (Å²) >= 11 is 0. The van der Waals surface area contributed by atoms with Gasteiger partial charge in [-0.15, -0.1) is 0 Å². The Kier molecular flexibility index (Phi) is 6.21. The molecule has 0 aliphatic carbocycles. The average molecular weight is 203 g/mol. The first kappa shape index (κ1) is 11.7. The van der Waals surface area contributed by atoms with Crippen LogP contribution in [0.3, 0.4) is 0 Å². The summed E-state index contributed by atoms with van der Waals surface area (Å²) in [5.41, 5.74) is 1.20. The molecule has 0 saturated heterocycles. The van der Waals surface area contributed by atoms with Crippen LogP contribution in [0.15, 0.2) is 48.6 Å². The van der Waals surface area contributed by atoms with Gasteiger partial charge in [0.25, 0.3) is 0 Å². The molecule has 0 bridgehead atoms. The molecule has 0 unspecified atom stereocenters. The van der Waals surface area contributed by atoms with Gasteiger partial charge in [-0.05, 0) is 5.56 Å². The molecular weight excluding hydrogens is 186 g/mol. The lowest BCUT2D eigenvalue weighted by Gasteiger charge is -1.94. The normalized spacial score (nSPS) is 11.5. The van der Waals surface area contributed by atoms with Crippen molar-refractivity contribution in [1.29, 1.82) is 0 Å². The lowest BCUT2D eigenvalue weighted by molar-refractivity contribution is 0.294. The van der Waals surface area contributed by atoms with Crippen LogP contribution in [0.25, 0.3) is 6.08 Å². The minimum absolute atomic E-state index is 0.188. The second-order valence-electron chi connectivity index (χ2n) is 3.13. The predicted molar refractivity (Wildman–Crippen MR) is 64.6 cm³/mol. The Hall–Kier alpha value is -1.38. The molecule has 0 saturated carbocycles. The van der Waals surface area contributed by atoms with Crippen molar-refractivity contribution in [3.63, 3.8) is 0 Å². The lowest BCUT2D eigenvalue weighted by atomic mass is 10.2. The van der Waals surface area contributed by atoms with Crippen LogP contribution in [0.2, 0.25) is 0 Å². The van der Waals surface area contributed by atoms with E-state index in [2.05, 4.69) is 23.5 Å². The number of hydrogen-bond acceptors (Lipinski definition) is 2. The Morgan fingerprint density at radius 3 is 2.67 bits per heavy atom. The van der Waals surface area contributed by atoms with Gasteiger partial charge < -0.3 is 10.4 Å². The molecule has 0 aliphatic rings. The molecule has 2 heteroatoms. The average Bonchev–Trinajstić information content (AvgIpc) is 2.29. The molecule has 0 spiro atoms. The van der Waals surface area contributed by atoms with Crippen LogP contribution in [0, 0.1) is 0 Å². The van der Waals surface area contributed by atoms with E-state index in [1.165, 1.54) is 5.56 Å². The summed E-state index contributed by atoms with van der Waals surface area (Å²) in [5.74, 6) is 0. The maximum absolute atomic E-state index is 8.52. The monoisotopic (exact) mass is 203 g/mol. The van der Waals surface area contributed by atoms with Gasteiger partial charge in [-0.25, -0.2) is 0 Å². The van der Waals surface area contributed by atoms with E-state index >= 15 is 0 Å². The van der Waals surface area contributed by atoms with Gasteiger partial charge in [0.05, 0.1) is 6.61 Å². The van der Waals surface area contributed by atoms with Crippen molar-refractivity contribution in [2.24, 2.45) is 0 Å². The first-order chi connectivity index (χ1) is 7.43. The van der Waals surface area contributed by atoms with Crippen molar-refractivity contribution in [3.05, 3.63) is 54.1 Å². The van der Waals surface area contributed by atoms with Gasteiger partial charge in [-0.2, -0.15) is 0 Å². The number of nitrogens with one attached hydrogen (secondary N) is 1. The Labute approximate surface area is 91.0 Å². The molecule has 2 nitrogen and oxygen atoms in total. The first-order valence-corrected chi connectivity index (χ1v) is 5.13. The fourth-order valence-corrected chi connectivity index (χ4v) is 1.14. The van der Waals surface area contributed by atoms with Crippen LogP contribution in [-0.2, 0) is 0 Å². The van der Waals surface area contributed by atoms with Crippen molar-refractivity contribution in [2.45, 2.75) is 0 Å². The van der Waals surface area contributed by atoms with Gasteiger partial charge in [-0.3, -0.25) is 0 Å². The van der Waals surface area contributed by atoms with Crippen molar-refractivity contribution < 1.29 is 5.11 Å². The molecule has 0 aromatic heterocycles. The quantitative estimate of drug-likeness (QED) is 0.546. The number of hydrogen-bond donors (Lipinski definition) is 2. The zero-order chi connectivity index (χ0) is 10.8. The largest absolute Gasteiger partial charge is 0.395 e. The van der Waals surface area contributed by atoms with Crippen LogP contribution in [0.1, 0.15) is 5.56 Å². The van der Waals surface area contributed by atoms with E-state index in [1.807, 2.05) is 36.4 Å². The smallest absolute Gasteiger partial charge is 0.0556 e. The molecule has 1 aromatic rings. The van der Waals surface area contributed by atoms with Gasteiger partial charge in [0.1, 0.15) is 0 Å². The summed E-state index contributed by atoms with van der Waals surface area (Å²) in [6, 6.07) is 10.2. The van der Waals surface area contributed by atoms with E-state index in [0.717, 1.165) is 6.54 Å². The van der Waals surface area contributed by atoms with Gasteiger partial charge in [0.15, 0.2) is 0 Å². The van der Waals surface area contributed by atoms with Gasteiger partial charge in [-0.1, -0.05) is 54.6 Å². The SMILES string of the molecule is OCCNC/C=C/C=C/c1ccccc1. The Bertz CT molecular complexity index is 304. The molecule has 0 fully saturated rings. The third-order valence-electron chi connectivity index (χ3n) is 1.89. The molecule has 80 valence electrons. The molecule has 15 heavy (non-hydrogen) atoms. The van der Waals surface area contributed by atoms with Crippen LogP contribution in [0.5, 0.6) is 0 Å². The molecule has 0 radical (unpaired) electrons. The first-order valence-electron chi connectivity index (χ1n) is 5.13. The third kappa shape index (κ3) is 5.83. The summed E-state index contributed by atoms with van der Waals surface area (Å²) in [6.07, 6.45) is 8.09. The van der Waals surface area contributed by atoms with Crippen molar-refractivity contribution in [2.75, 3.05) is 19.7 Å². The van der Waals surface area contributed by atoms with E-state index in [9.17, 15) is 0 Å². The fraction of sp³-hybridized carbons (Fsp3) is 0.231. The molecule has 1 rings (SSSR count). The van der Waals surface area contributed by atoms with Gasteiger partial charge in [0, 0.05) is 13.1 Å². The molecule has 0 heterocycles. The van der Waals surface area contributed by atoms with E-state index < -0.39 is 0 Å². The van der Waals surface area contributed by atoms with Gasteiger partial charge in [0.2, 0.25) is 0 Å². The molecule has 0 atom stereocenters. The highest BCUT2D eigenvalue weighted by Crippen LogP contribution is 2.00. The van der Waals surface area contributed by atoms with Crippen LogP contribution in [-0.4, -0.2) is 24.8 Å². The van der Waals surface area contributed by atoms with E-state index in [-0.39, 0.29) is 6.61 Å². The van der Waals surface area contributed by atoms with Crippen molar-refractivity contribution in [3.8, 4) is 0 Å². The van der Waals surface area contributed by atoms with Gasteiger partial charge >= 0.3 is 0 Å². The minimum atomic E-state index is 0.188. The molecule has 0 amide bonds. The second-order valence-corrected chi connectivity index (χ2v) is 3.13. The topological polar surface area (TPSA) is 32.3 Å². The highest BCUT2D eigenvalue weighted by Gasteiger charge is 1.80. The molecule has 1 aromatic carbocycles. The Morgan fingerprint density at radius 1 is 1.13 bits per heavy atom. The zero-order valence-electron chi connectivity index (χ0n) is 8.76. The maximum Gasteiger partial charge on any atom is 0.0556 e. The fourth-order valence-electron chi connectivity index (χ4n) is 1.14. The summed E-state index contributed by atoms with van der Waals surface area (Å²) in [4.78, 5) is 0. The Balaban J connectivity index is 2.22. The van der Waals surface area contributed by atoms with Crippen LogP contribution >= 0.6 is 0 Å². The number of aliphatic hydroxyl groups excluding tert-OH is 1. The maximum atomic E-state index is 8.52. The number of rotatable bonds is 6. The third-order valence-corrected chi connectivity index (χ3v) is 1.89. The van der Waals surface area contributed by atoms with Crippen molar-refractivity contribution >= 4 is 6.08 Å². The Morgan fingerprint density at radius 2 is 1.93 bits per heavy atom. The number of aliphatic hydroxyl groups is 1. The van der Waals surface area contributed by atoms with Crippen LogP contribution < -0.4 is 5.32 Å². The highest BCUT2D eigenvalue weighted by atomic mass is 16.3. The highest BCUT2D eigenvalue weighted by molar-refractivity contribution is 5.50. The lowest BCUT2D eigenvalue weighted by Crippen LogP contribution is -2.17. The zero-order valence-corrected chi connectivity index (χ0v) is 8.76. The minimum Gasteiger partial charge on any atom is -0.395 e. The standard InChI is InChI=1S/C13H17NO/c15-12-11-14-10-6-2-5-9-13-7-3-1-4-8-13/h1-9,14-15H,10-12H2/b6-2+,9-5+. The summed E-state index contributed by atoms with van der Waals surface area (Å²) in [6.45, 7) is 1.63. The van der Waals surface area contributed by atoms with E-state index in [1.54, 1.807) is 0 Å². The molecular formula is C13H17NO. The summed E-state index contributed by atoms with van der Waals surface area (Å²) in [5, 5.41) is 11.6. The van der Waals surface area contributed by atoms with Crippen molar-refractivity contribution in [1.82, 2.24) is 5.32 Å². The molecule has 2 N–H and O–H groups in total. The number of allylic oxidation sites excluding steroid dienone is 2. The summed E-state index contributed by atoms with van der Waals surface area (Å²) < 4.78 is 0. The van der Waals surface area contributed by atoms with E-state index in [4.69, 9.17) is 5.11 Å². The second kappa shape index (κ2) is 7.97. The van der Waals surface area contributed by atoms with Crippen LogP contribution in [0.4, 0.5) is 0 Å². The van der Waals surface area contributed by atoms with E-state index in [0.29, 0.717) is 6.54 Å². The summed E-state index contributed by atoms with van der Waals surface area (Å²) in [7, 11) is 0. The number of benzene rings is 1. The molecule has 0 aliphatic heterocycles.